The number of carbonyl (C=O) groups excluding carboxylic acids is 3. The van der Waals surface area contributed by atoms with Crippen LogP contribution >= 0.6 is 0 Å². The minimum absolute atomic E-state index is 0.193. The zero-order chi connectivity index (χ0) is 20.5. The third-order valence-electron chi connectivity index (χ3n) is 5.44. The Kier molecular flexibility index (Phi) is 4.92. The lowest BCUT2D eigenvalue weighted by atomic mass is 10.0. The number of hydrogen-bond donors (Lipinski definition) is 0. The van der Waals surface area contributed by atoms with E-state index in [2.05, 4.69) is 4.98 Å². The third-order valence-corrected chi connectivity index (χ3v) is 5.44. The van der Waals surface area contributed by atoms with Crippen molar-refractivity contribution in [2.24, 2.45) is 0 Å². The Balaban J connectivity index is 1.49. The molecule has 2 aliphatic rings. The van der Waals surface area contributed by atoms with Crippen LogP contribution < -0.4 is 9.47 Å². The molecular formula is C21H21N3O5. The van der Waals surface area contributed by atoms with Crippen molar-refractivity contribution in [1.29, 1.82) is 0 Å². The Hall–Kier alpha value is -3.42. The van der Waals surface area contributed by atoms with Crippen molar-refractivity contribution < 1.29 is 23.9 Å². The summed E-state index contributed by atoms with van der Waals surface area (Å²) in [6.07, 6.45) is 2.53. The highest BCUT2D eigenvalue weighted by Crippen LogP contribution is 2.32. The highest BCUT2D eigenvalue weighted by Gasteiger charge is 2.42. The molecule has 0 bridgehead atoms. The van der Waals surface area contributed by atoms with Crippen molar-refractivity contribution in [3.63, 3.8) is 0 Å². The van der Waals surface area contributed by atoms with Gasteiger partial charge in [0.05, 0.1) is 19.8 Å². The lowest BCUT2D eigenvalue weighted by Crippen LogP contribution is -2.48. The van der Waals surface area contributed by atoms with Crippen molar-refractivity contribution in [2.75, 3.05) is 27.3 Å². The van der Waals surface area contributed by atoms with E-state index in [9.17, 15) is 14.4 Å². The predicted molar refractivity (Wildman–Crippen MR) is 103 cm³/mol. The van der Waals surface area contributed by atoms with Gasteiger partial charge in [0.2, 0.25) is 0 Å². The van der Waals surface area contributed by atoms with Gasteiger partial charge in [-0.3, -0.25) is 24.3 Å². The molecule has 3 heterocycles. The summed E-state index contributed by atoms with van der Waals surface area (Å²) in [6.45, 7) is 0.844. The molecule has 8 heteroatoms. The number of fused-ring (bicyclic) bond motifs is 1. The van der Waals surface area contributed by atoms with Crippen LogP contribution in [0.2, 0.25) is 0 Å². The summed E-state index contributed by atoms with van der Waals surface area (Å²) in [5.74, 6) is 0.0311. The molecule has 0 N–H and O–H groups in total. The molecule has 8 nitrogen and oxygen atoms in total. The van der Waals surface area contributed by atoms with E-state index < -0.39 is 0 Å². The number of methoxy groups -OCH3 is 2. The summed E-state index contributed by atoms with van der Waals surface area (Å²) in [5, 5.41) is 0. The molecule has 1 fully saturated rings. The van der Waals surface area contributed by atoms with Crippen molar-refractivity contribution >= 4 is 17.7 Å². The Morgan fingerprint density at radius 2 is 1.66 bits per heavy atom. The average molecular weight is 395 g/mol. The maximum absolute atomic E-state index is 13.1. The summed E-state index contributed by atoms with van der Waals surface area (Å²) >= 11 is 0. The number of likely N-dealkylation sites (tertiary alicyclic amines) is 1. The number of rotatable bonds is 4. The molecule has 0 unspecified atom stereocenters. The zero-order valence-corrected chi connectivity index (χ0v) is 16.3. The molecule has 4 rings (SSSR count). The number of carbonyl (C=O) groups is 3. The van der Waals surface area contributed by atoms with Gasteiger partial charge in [0.1, 0.15) is 22.8 Å². The first-order chi connectivity index (χ1) is 14.1. The van der Waals surface area contributed by atoms with Gasteiger partial charge in [-0.05, 0) is 37.1 Å². The minimum Gasteiger partial charge on any atom is -0.496 e. The molecule has 2 aliphatic heterocycles. The number of benzene rings is 1. The third kappa shape index (κ3) is 3.10. The van der Waals surface area contributed by atoms with E-state index >= 15 is 0 Å². The number of hydrogen-bond acceptors (Lipinski definition) is 6. The minimum atomic E-state index is -0.359. The molecule has 1 aromatic heterocycles. The Labute approximate surface area is 168 Å². The van der Waals surface area contributed by atoms with Crippen molar-refractivity contribution in [1.82, 2.24) is 14.8 Å². The first-order valence-electron chi connectivity index (χ1n) is 9.40. The fourth-order valence-electron chi connectivity index (χ4n) is 3.96. The maximum Gasteiger partial charge on any atom is 0.280 e. The van der Waals surface area contributed by atoms with Crippen LogP contribution in [-0.2, 0) is 0 Å². The van der Waals surface area contributed by atoms with Crippen molar-refractivity contribution in [3.05, 3.63) is 53.3 Å². The van der Waals surface area contributed by atoms with Gasteiger partial charge in [-0.15, -0.1) is 0 Å². The number of nitrogens with zero attached hydrogens (tertiary/aromatic N) is 3. The van der Waals surface area contributed by atoms with Crippen LogP contribution in [0.3, 0.4) is 0 Å². The Bertz CT molecular complexity index is 925. The Morgan fingerprint density at radius 1 is 1.00 bits per heavy atom. The number of ether oxygens (including phenoxy) is 2. The van der Waals surface area contributed by atoms with E-state index in [1.807, 2.05) is 0 Å². The fraction of sp³-hybridized carbons (Fsp3) is 0.333. The topological polar surface area (TPSA) is 89.0 Å². The quantitative estimate of drug-likeness (QED) is 0.736. The van der Waals surface area contributed by atoms with Crippen LogP contribution in [0.25, 0.3) is 0 Å². The van der Waals surface area contributed by atoms with Gasteiger partial charge < -0.3 is 14.4 Å². The van der Waals surface area contributed by atoms with E-state index in [1.165, 1.54) is 25.3 Å². The highest BCUT2D eigenvalue weighted by molar-refractivity contribution is 6.20. The number of piperidine rings is 1. The smallest absolute Gasteiger partial charge is 0.280 e. The molecule has 0 saturated carbocycles. The zero-order valence-electron chi connectivity index (χ0n) is 16.3. The predicted octanol–water partition coefficient (Wildman–Crippen LogP) is 2.00. The number of pyridine rings is 1. The van der Waals surface area contributed by atoms with Gasteiger partial charge >= 0.3 is 0 Å². The lowest BCUT2D eigenvalue weighted by molar-refractivity contribution is 0.0476. The van der Waals surface area contributed by atoms with E-state index in [-0.39, 0.29) is 29.5 Å². The molecule has 3 amide bonds. The molecular weight excluding hydrogens is 374 g/mol. The first kappa shape index (κ1) is 18.9. The van der Waals surface area contributed by atoms with Gasteiger partial charge in [-0.25, -0.2) is 0 Å². The molecule has 150 valence electrons. The van der Waals surface area contributed by atoms with Gasteiger partial charge in [0, 0.05) is 25.3 Å². The Morgan fingerprint density at radius 3 is 2.24 bits per heavy atom. The first-order valence-corrected chi connectivity index (χ1v) is 9.40. The summed E-state index contributed by atoms with van der Waals surface area (Å²) < 4.78 is 10.7. The average Bonchev–Trinajstić information content (AvgIpc) is 3.03. The number of aromatic nitrogens is 1. The van der Waals surface area contributed by atoms with E-state index in [0.717, 1.165) is 0 Å². The highest BCUT2D eigenvalue weighted by atomic mass is 16.5. The van der Waals surface area contributed by atoms with E-state index in [4.69, 9.17) is 9.47 Å². The van der Waals surface area contributed by atoms with Gasteiger partial charge in [-0.1, -0.05) is 6.07 Å². The molecule has 0 aliphatic carbocycles. The van der Waals surface area contributed by atoms with Gasteiger partial charge in [0.15, 0.2) is 0 Å². The summed E-state index contributed by atoms with van der Waals surface area (Å²) in [6, 6.07) is 8.21. The van der Waals surface area contributed by atoms with Crippen molar-refractivity contribution in [2.45, 2.75) is 18.9 Å². The molecule has 0 radical (unpaired) electrons. The van der Waals surface area contributed by atoms with E-state index in [1.54, 1.807) is 35.2 Å². The number of imide groups is 1. The van der Waals surface area contributed by atoms with Crippen LogP contribution in [0, 0.1) is 0 Å². The van der Waals surface area contributed by atoms with Gasteiger partial charge in [-0.2, -0.15) is 0 Å². The molecule has 2 aromatic rings. The second-order valence-electron chi connectivity index (χ2n) is 6.94. The van der Waals surface area contributed by atoms with E-state index in [0.29, 0.717) is 48.6 Å². The summed E-state index contributed by atoms with van der Waals surface area (Å²) in [7, 11) is 3.02. The maximum atomic E-state index is 13.1. The fourth-order valence-corrected chi connectivity index (χ4v) is 3.96. The van der Waals surface area contributed by atoms with Crippen LogP contribution in [0.5, 0.6) is 11.5 Å². The molecule has 29 heavy (non-hydrogen) atoms. The van der Waals surface area contributed by atoms with Crippen LogP contribution in [0.4, 0.5) is 0 Å². The number of amides is 3. The molecule has 0 spiro atoms. The van der Waals surface area contributed by atoms with Crippen LogP contribution in [-0.4, -0.2) is 65.9 Å². The standard InChI is InChI=1S/C21H21N3O5/c1-28-15-6-3-7-16(29-2)17(15)20(26)23-11-8-13(9-12-23)24-19(25)14-5-4-10-22-18(14)21(24)27/h3-7,10,13H,8-9,11-12H2,1-2H3. The molecule has 1 saturated heterocycles. The molecule has 0 atom stereocenters. The largest absolute Gasteiger partial charge is 0.496 e. The van der Waals surface area contributed by atoms with Crippen LogP contribution in [0.1, 0.15) is 44.0 Å². The normalized spacial score (nSPS) is 16.8. The molecule has 1 aromatic carbocycles. The van der Waals surface area contributed by atoms with Crippen LogP contribution in [0.15, 0.2) is 36.5 Å². The monoisotopic (exact) mass is 395 g/mol. The lowest BCUT2D eigenvalue weighted by Gasteiger charge is -2.36. The van der Waals surface area contributed by atoms with Gasteiger partial charge in [0.25, 0.3) is 17.7 Å². The summed E-state index contributed by atoms with van der Waals surface area (Å²) in [5.41, 5.74) is 0.922. The summed E-state index contributed by atoms with van der Waals surface area (Å²) in [4.78, 5) is 45.5. The van der Waals surface area contributed by atoms with Crippen molar-refractivity contribution in [3.8, 4) is 11.5 Å². The SMILES string of the molecule is COc1cccc(OC)c1C(=O)N1CCC(N2C(=O)c3cccnc3C2=O)CC1. The second kappa shape index (κ2) is 7.54. The second-order valence-corrected chi connectivity index (χ2v) is 6.94.